The van der Waals surface area contributed by atoms with Crippen LogP contribution in [-0.4, -0.2) is 18.4 Å². The average molecular weight is 394 g/mol. The molecule has 28 heavy (non-hydrogen) atoms. The molecule has 0 atom stereocenters. The normalized spacial score (nSPS) is 10.2. The molecule has 3 aromatic rings. The summed E-state index contributed by atoms with van der Waals surface area (Å²) in [5.41, 5.74) is 2.91. The van der Waals surface area contributed by atoms with E-state index in [0.717, 1.165) is 11.3 Å². The van der Waals surface area contributed by atoms with Gasteiger partial charge in [0, 0.05) is 17.8 Å². The summed E-state index contributed by atoms with van der Waals surface area (Å²) in [7, 11) is 0. The van der Waals surface area contributed by atoms with Gasteiger partial charge in [0.25, 0.3) is 5.91 Å². The number of benzene rings is 3. The van der Waals surface area contributed by atoms with Gasteiger partial charge in [0.15, 0.2) is 0 Å². The maximum Gasteiger partial charge on any atom is 0.251 e. The first-order chi connectivity index (χ1) is 13.6. The summed E-state index contributed by atoms with van der Waals surface area (Å²) in [4.78, 5) is 24.3. The van der Waals surface area contributed by atoms with Crippen molar-refractivity contribution < 1.29 is 9.59 Å². The van der Waals surface area contributed by atoms with Crippen molar-refractivity contribution in [2.24, 2.45) is 0 Å². The third-order valence-electron chi connectivity index (χ3n) is 4.04. The van der Waals surface area contributed by atoms with Gasteiger partial charge in [0.2, 0.25) is 5.91 Å². The second-order valence-electron chi connectivity index (χ2n) is 6.13. The minimum Gasteiger partial charge on any atom is -0.376 e. The Hall–Kier alpha value is -3.31. The highest BCUT2D eigenvalue weighted by Crippen LogP contribution is 2.20. The number of rotatable bonds is 7. The minimum atomic E-state index is -0.210. The van der Waals surface area contributed by atoms with Crippen LogP contribution < -0.4 is 16.0 Å². The molecule has 0 aliphatic carbocycles. The van der Waals surface area contributed by atoms with E-state index in [1.807, 2.05) is 30.3 Å². The van der Waals surface area contributed by atoms with Crippen molar-refractivity contribution in [3.05, 3.63) is 95.0 Å². The van der Waals surface area contributed by atoms with Crippen LogP contribution in [0.1, 0.15) is 15.9 Å². The van der Waals surface area contributed by atoms with Crippen molar-refractivity contribution in [1.82, 2.24) is 5.32 Å². The van der Waals surface area contributed by atoms with Gasteiger partial charge in [0.1, 0.15) is 0 Å². The van der Waals surface area contributed by atoms with E-state index in [1.54, 1.807) is 48.5 Å². The van der Waals surface area contributed by atoms with Gasteiger partial charge in [-0.1, -0.05) is 54.1 Å². The van der Waals surface area contributed by atoms with Crippen LogP contribution in [-0.2, 0) is 11.3 Å². The maximum absolute atomic E-state index is 12.2. The highest BCUT2D eigenvalue weighted by atomic mass is 35.5. The van der Waals surface area contributed by atoms with Gasteiger partial charge < -0.3 is 16.0 Å². The van der Waals surface area contributed by atoms with Crippen LogP contribution in [0.5, 0.6) is 0 Å². The van der Waals surface area contributed by atoms with Gasteiger partial charge in [-0.25, -0.2) is 0 Å². The van der Waals surface area contributed by atoms with Crippen molar-refractivity contribution in [3.8, 4) is 0 Å². The number of nitrogens with one attached hydrogen (secondary N) is 3. The Morgan fingerprint density at radius 1 is 0.821 bits per heavy atom. The molecule has 0 saturated heterocycles. The average Bonchev–Trinajstić information content (AvgIpc) is 2.73. The highest BCUT2D eigenvalue weighted by molar-refractivity contribution is 6.33. The molecule has 0 aliphatic rings. The molecule has 0 aromatic heterocycles. The molecule has 6 heteroatoms. The zero-order chi connectivity index (χ0) is 19.8. The molecule has 142 valence electrons. The van der Waals surface area contributed by atoms with Gasteiger partial charge in [-0.3, -0.25) is 9.59 Å². The van der Waals surface area contributed by atoms with Crippen LogP contribution in [0, 0.1) is 0 Å². The van der Waals surface area contributed by atoms with Crippen molar-refractivity contribution in [2.75, 3.05) is 17.2 Å². The summed E-state index contributed by atoms with van der Waals surface area (Å²) < 4.78 is 0. The Balaban J connectivity index is 1.48. The molecule has 0 bridgehead atoms. The van der Waals surface area contributed by atoms with Crippen LogP contribution in [0.25, 0.3) is 0 Å². The molecule has 3 rings (SSSR count). The molecule has 2 amide bonds. The van der Waals surface area contributed by atoms with Crippen LogP contribution in [0.4, 0.5) is 11.4 Å². The lowest BCUT2D eigenvalue weighted by molar-refractivity contribution is -0.114. The SMILES string of the molecule is O=C(CNc1ccc(C(=O)NCc2ccccc2)cc1)Nc1ccccc1Cl. The lowest BCUT2D eigenvalue weighted by atomic mass is 10.1. The second-order valence-corrected chi connectivity index (χ2v) is 6.53. The van der Waals surface area contributed by atoms with Gasteiger partial charge in [-0.2, -0.15) is 0 Å². The number of anilines is 2. The Morgan fingerprint density at radius 2 is 1.50 bits per heavy atom. The zero-order valence-corrected chi connectivity index (χ0v) is 15.9. The highest BCUT2D eigenvalue weighted by Gasteiger charge is 2.07. The third kappa shape index (κ3) is 5.59. The molecular formula is C22H20ClN3O2. The van der Waals surface area contributed by atoms with Crippen LogP contribution in [0.15, 0.2) is 78.9 Å². The van der Waals surface area contributed by atoms with Gasteiger partial charge in [0.05, 0.1) is 17.3 Å². The van der Waals surface area contributed by atoms with E-state index >= 15 is 0 Å². The first-order valence-corrected chi connectivity index (χ1v) is 9.20. The lowest BCUT2D eigenvalue weighted by Crippen LogP contribution is -2.23. The fourth-order valence-electron chi connectivity index (χ4n) is 2.56. The molecule has 0 heterocycles. The Labute approximate surface area is 168 Å². The van der Waals surface area contributed by atoms with Crippen LogP contribution in [0.2, 0.25) is 5.02 Å². The van der Waals surface area contributed by atoms with E-state index in [1.165, 1.54) is 0 Å². The van der Waals surface area contributed by atoms with Gasteiger partial charge in [-0.05, 0) is 42.0 Å². The fraction of sp³-hybridized carbons (Fsp3) is 0.0909. The number of carbonyl (C=O) groups is 2. The van der Waals surface area contributed by atoms with Crippen LogP contribution >= 0.6 is 11.6 Å². The van der Waals surface area contributed by atoms with E-state index in [2.05, 4.69) is 16.0 Å². The lowest BCUT2D eigenvalue weighted by Gasteiger charge is -2.10. The zero-order valence-electron chi connectivity index (χ0n) is 15.1. The number of para-hydroxylation sites is 1. The number of hydrogen-bond donors (Lipinski definition) is 3. The largest absolute Gasteiger partial charge is 0.376 e. The third-order valence-corrected chi connectivity index (χ3v) is 4.37. The van der Waals surface area contributed by atoms with Crippen molar-refractivity contribution in [1.29, 1.82) is 0 Å². The summed E-state index contributed by atoms with van der Waals surface area (Å²) in [5, 5.41) is 9.14. The molecule has 0 radical (unpaired) electrons. The van der Waals surface area contributed by atoms with Gasteiger partial charge >= 0.3 is 0 Å². The monoisotopic (exact) mass is 393 g/mol. The molecule has 3 aromatic carbocycles. The van der Waals surface area contributed by atoms with Crippen LogP contribution in [0.3, 0.4) is 0 Å². The standard InChI is InChI=1S/C22H20ClN3O2/c23-19-8-4-5-9-20(19)26-21(27)15-24-18-12-10-17(11-13-18)22(28)25-14-16-6-2-1-3-7-16/h1-13,24H,14-15H2,(H,25,28)(H,26,27). The molecule has 0 spiro atoms. The predicted octanol–water partition coefficient (Wildman–Crippen LogP) is 4.32. The molecule has 0 unspecified atom stereocenters. The van der Waals surface area contributed by atoms with E-state index in [9.17, 15) is 9.59 Å². The maximum atomic E-state index is 12.2. The molecule has 5 nitrogen and oxygen atoms in total. The second kappa shape index (κ2) is 9.58. The number of amides is 2. The first kappa shape index (κ1) is 19.5. The Morgan fingerprint density at radius 3 is 2.21 bits per heavy atom. The van der Waals surface area contributed by atoms with Crippen molar-refractivity contribution in [2.45, 2.75) is 6.54 Å². The first-order valence-electron chi connectivity index (χ1n) is 8.82. The quantitative estimate of drug-likeness (QED) is 0.559. The smallest absolute Gasteiger partial charge is 0.251 e. The topological polar surface area (TPSA) is 70.2 Å². The molecular weight excluding hydrogens is 374 g/mol. The van der Waals surface area contributed by atoms with Gasteiger partial charge in [-0.15, -0.1) is 0 Å². The predicted molar refractivity (Wildman–Crippen MR) is 113 cm³/mol. The van der Waals surface area contributed by atoms with Crippen molar-refractivity contribution >= 4 is 34.8 Å². The fourth-order valence-corrected chi connectivity index (χ4v) is 2.74. The molecule has 0 fully saturated rings. The summed E-state index contributed by atoms with van der Waals surface area (Å²) >= 11 is 6.02. The summed E-state index contributed by atoms with van der Waals surface area (Å²) in [5.74, 6) is -0.357. The Bertz CT molecular complexity index is 944. The number of carbonyl (C=O) groups excluding carboxylic acids is 2. The number of halogens is 1. The van der Waals surface area contributed by atoms with Crippen molar-refractivity contribution in [3.63, 3.8) is 0 Å². The minimum absolute atomic E-state index is 0.0881. The Kier molecular flexibility index (Phi) is 6.65. The van der Waals surface area contributed by atoms with E-state index < -0.39 is 0 Å². The number of hydrogen-bond acceptors (Lipinski definition) is 3. The summed E-state index contributed by atoms with van der Waals surface area (Å²) in [6.07, 6.45) is 0. The summed E-state index contributed by atoms with van der Waals surface area (Å²) in [6, 6.07) is 23.7. The van der Waals surface area contributed by atoms with E-state index in [0.29, 0.717) is 22.8 Å². The van der Waals surface area contributed by atoms with E-state index in [4.69, 9.17) is 11.6 Å². The molecule has 0 aliphatic heterocycles. The molecule has 3 N–H and O–H groups in total. The molecule has 0 saturated carbocycles. The summed E-state index contributed by atoms with van der Waals surface area (Å²) in [6.45, 7) is 0.562. The van der Waals surface area contributed by atoms with E-state index in [-0.39, 0.29) is 18.4 Å².